The van der Waals surface area contributed by atoms with Crippen molar-refractivity contribution in [3.63, 3.8) is 0 Å². The van der Waals surface area contributed by atoms with Gasteiger partial charge in [-0.1, -0.05) is 36.9 Å². The van der Waals surface area contributed by atoms with Gasteiger partial charge in [-0.25, -0.2) is 4.79 Å². The molecule has 0 saturated heterocycles. The topological polar surface area (TPSA) is 108 Å². The number of amides is 1. The summed E-state index contributed by atoms with van der Waals surface area (Å²) in [5.74, 6) is -3.88. The van der Waals surface area contributed by atoms with E-state index in [0.717, 1.165) is 25.9 Å². The molecule has 1 aromatic carbocycles. The number of hydrogen-bond acceptors (Lipinski definition) is 7. The molecule has 0 aliphatic heterocycles. The summed E-state index contributed by atoms with van der Waals surface area (Å²) in [7, 11) is 2.16. The maximum atomic E-state index is 12.0. The predicted octanol–water partition coefficient (Wildman–Crippen LogP) is 1.39. The van der Waals surface area contributed by atoms with Crippen LogP contribution in [0.25, 0.3) is 0 Å². The van der Waals surface area contributed by atoms with Crippen molar-refractivity contribution in [3.8, 4) is 0 Å². The molecule has 1 atom stereocenters. The normalized spacial score (nSPS) is 11.2. The molecule has 140 valence electrons. The molecule has 0 saturated carbocycles. The molecular weight excluding hydrogens is 342 g/mol. The second kappa shape index (κ2) is 10.7. The van der Waals surface area contributed by atoms with Crippen LogP contribution in [-0.2, 0) is 35.2 Å². The largest absolute Gasteiger partial charge is 0.468 e. The standard InChI is InChI=1S/C18H21NO7/c1-4-13(20)10-14(15(16(21)24-2)17(22)25-3)19-18(23)26-11-12-8-6-5-7-9-12/h4-9,14-15H,1,10-11H2,2-3H3,(H,19,23). The molecule has 8 heteroatoms. The van der Waals surface area contributed by atoms with E-state index in [2.05, 4.69) is 21.4 Å². The Balaban J connectivity index is 2.88. The van der Waals surface area contributed by atoms with Crippen LogP contribution < -0.4 is 5.32 Å². The summed E-state index contributed by atoms with van der Waals surface area (Å²) >= 11 is 0. The molecule has 0 aromatic heterocycles. The summed E-state index contributed by atoms with van der Waals surface area (Å²) < 4.78 is 14.2. The van der Waals surface area contributed by atoms with Crippen LogP contribution in [0.1, 0.15) is 12.0 Å². The van der Waals surface area contributed by atoms with Gasteiger partial charge in [0, 0.05) is 6.42 Å². The number of nitrogens with one attached hydrogen (secondary N) is 1. The third kappa shape index (κ3) is 6.39. The van der Waals surface area contributed by atoms with E-state index < -0.39 is 35.8 Å². The first kappa shape index (κ1) is 20.9. The first-order valence-corrected chi connectivity index (χ1v) is 7.71. The summed E-state index contributed by atoms with van der Waals surface area (Å²) in [6.07, 6.45) is -0.220. The van der Waals surface area contributed by atoms with Crippen LogP contribution in [0.2, 0.25) is 0 Å². The fraction of sp³-hybridized carbons (Fsp3) is 0.333. The summed E-state index contributed by atoms with van der Waals surface area (Å²) in [5.41, 5.74) is 0.749. The second-order valence-corrected chi connectivity index (χ2v) is 5.21. The smallest absolute Gasteiger partial charge is 0.407 e. The highest BCUT2D eigenvalue weighted by molar-refractivity contribution is 5.98. The van der Waals surface area contributed by atoms with Gasteiger partial charge in [0.1, 0.15) is 6.61 Å². The number of methoxy groups -OCH3 is 2. The van der Waals surface area contributed by atoms with Crippen LogP contribution in [0.4, 0.5) is 4.79 Å². The minimum atomic E-state index is -1.52. The Labute approximate surface area is 151 Å². The molecule has 0 heterocycles. The zero-order chi connectivity index (χ0) is 19.5. The Bertz CT molecular complexity index is 641. The van der Waals surface area contributed by atoms with E-state index >= 15 is 0 Å². The van der Waals surface area contributed by atoms with Gasteiger partial charge in [-0.15, -0.1) is 0 Å². The van der Waals surface area contributed by atoms with Gasteiger partial charge >= 0.3 is 18.0 Å². The molecule has 0 aliphatic rings. The van der Waals surface area contributed by atoms with Gasteiger partial charge in [-0.3, -0.25) is 14.4 Å². The first-order chi connectivity index (χ1) is 12.4. The van der Waals surface area contributed by atoms with Crippen LogP contribution >= 0.6 is 0 Å². The minimum absolute atomic E-state index is 0.0179. The van der Waals surface area contributed by atoms with E-state index in [-0.39, 0.29) is 13.0 Å². The van der Waals surface area contributed by atoms with E-state index in [4.69, 9.17) is 4.74 Å². The molecule has 0 bridgehead atoms. The lowest BCUT2D eigenvalue weighted by atomic mass is 9.95. The molecule has 0 aliphatic carbocycles. The Morgan fingerprint density at radius 1 is 1.08 bits per heavy atom. The SMILES string of the molecule is C=CC(=O)CC(NC(=O)OCc1ccccc1)C(C(=O)OC)C(=O)OC. The number of ether oxygens (including phenoxy) is 3. The molecule has 26 heavy (non-hydrogen) atoms. The van der Waals surface area contributed by atoms with Gasteiger partial charge in [0.25, 0.3) is 0 Å². The van der Waals surface area contributed by atoms with E-state index in [0.29, 0.717) is 0 Å². The fourth-order valence-electron chi connectivity index (χ4n) is 2.15. The van der Waals surface area contributed by atoms with Crippen molar-refractivity contribution >= 4 is 23.8 Å². The molecular formula is C18H21NO7. The predicted molar refractivity (Wildman–Crippen MR) is 90.9 cm³/mol. The zero-order valence-electron chi connectivity index (χ0n) is 14.6. The Morgan fingerprint density at radius 3 is 2.15 bits per heavy atom. The van der Waals surface area contributed by atoms with Gasteiger partial charge < -0.3 is 19.5 Å². The first-order valence-electron chi connectivity index (χ1n) is 7.71. The Kier molecular flexibility index (Phi) is 8.56. The van der Waals surface area contributed by atoms with Crippen molar-refractivity contribution in [1.29, 1.82) is 0 Å². The third-order valence-corrected chi connectivity index (χ3v) is 3.48. The zero-order valence-corrected chi connectivity index (χ0v) is 14.6. The van der Waals surface area contributed by atoms with Crippen molar-refractivity contribution in [2.75, 3.05) is 14.2 Å². The quantitative estimate of drug-likeness (QED) is 0.306. The molecule has 0 radical (unpaired) electrons. The van der Waals surface area contributed by atoms with E-state index in [1.807, 2.05) is 6.07 Å². The molecule has 1 aromatic rings. The number of allylic oxidation sites excluding steroid dienone is 1. The highest BCUT2D eigenvalue weighted by atomic mass is 16.6. The average molecular weight is 363 g/mol. The summed E-state index contributed by atoms with van der Waals surface area (Å²) in [6.45, 7) is 3.31. The molecule has 1 rings (SSSR count). The fourth-order valence-corrected chi connectivity index (χ4v) is 2.15. The van der Waals surface area contributed by atoms with Crippen LogP contribution in [0, 0.1) is 5.92 Å². The molecule has 1 N–H and O–H groups in total. The van der Waals surface area contributed by atoms with Gasteiger partial charge in [0.15, 0.2) is 11.7 Å². The number of ketones is 1. The van der Waals surface area contributed by atoms with Crippen LogP contribution in [-0.4, -0.2) is 44.1 Å². The lowest BCUT2D eigenvalue weighted by molar-refractivity contribution is -0.160. The van der Waals surface area contributed by atoms with Crippen LogP contribution in [0.15, 0.2) is 43.0 Å². The molecule has 1 unspecified atom stereocenters. The van der Waals surface area contributed by atoms with Crippen molar-refractivity contribution in [2.24, 2.45) is 5.92 Å². The maximum Gasteiger partial charge on any atom is 0.407 e. The summed E-state index contributed by atoms with van der Waals surface area (Å²) in [4.78, 5) is 47.6. The number of benzene rings is 1. The van der Waals surface area contributed by atoms with Gasteiger partial charge in [0.05, 0.1) is 20.3 Å². The number of esters is 2. The van der Waals surface area contributed by atoms with Gasteiger partial charge in [-0.05, 0) is 11.6 Å². The lowest BCUT2D eigenvalue weighted by Crippen LogP contribution is -2.48. The maximum absolute atomic E-state index is 12.0. The molecule has 0 spiro atoms. The summed E-state index contributed by atoms with van der Waals surface area (Å²) in [5, 5.41) is 2.35. The highest BCUT2D eigenvalue weighted by Gasteiger charge is 2.39. The van der Waals surface area contributed by atoms with E-state index in [1.165, 1.54) is 0 Å². The number of hydrogen-bond donors (Lipinski definition) is 1. The van der Waals surface area contributed by atoms with Crippen molar-refractivity contribution < 1.29 is 33.4 Å². The van der Waals surface area contributed by atoms with Crippen LogP contribution in [0.3, 0.4) is 0 Å². The number of carbonyl (C=O) groups is 4. The van der Waals surface area contributed by atoms with E-state index in [1.54, 1.807) is 24.3 Å². The Morgan fingerprint density at radius 2 is 1.65 bits per heavy atom. The third-order valence-electron chi connectivity index (χ3n) is 3.48. The van der Waals surface area contributed by atoms with Crippen LogP contribution in [0.5, 0.6) is 0 Å². The molecule has 0 fully saturated rings. The minimum Gasteiger partial charge on any atom is -0.468 e. The Hall–Kier alpha value is -3.16. The number of rotatable bonds is 9. The van der Waals surface area contributed by atoms with Gasteiger partial charge in [0.2, 0.25) is 0 Å². The monoisotopic (exact) mass is 363 g/mol. The van der Waals surface area contributed by atoms with Crippen molar-refractivity contribution in [1.82, 2.24) is 5.32 Å². The number of carbonyl (C=O) groups excluding carboxylic acids is 4. The van der Waals surface area contributed by atoms with Gasteiger partial charge in [-0.2, -0.15) is 0 Å². The summed E-state index contributed by atoms with van der Waals surface area (Å²) in [6, 6.07) is 7.70. The second-order valence-electron chi connectivity index (χ2n) is 5.21. The molecule has 1 amide bonds. The highest BCUT2D eigenvalue weighted by Crippen LogP contribution is 2.14. The number of alkyl carbamates (subject to hydrolysis) is 1. The molecule has 8 nitrogen and oxygen atoms in total. The lowest BCUT2D eigenvalue weighted by Gasteiger charge is -2.23. The van der Waals surface area contributed by atoms with Crippen molar-refractivity contribution in [3.05, 3.63) is 48.6 Å². The van der Waals surface area contributed by atoms with E-state index in [9.17, 15) is 19.2 Å². The average Bonchev–Trinajstić information content (AvgIpc) is 2.66. The van der Waals surface area contributed by atoms with Crippen molar-refractivity contribution in [2.45, 2.75) is 19.1 Å².